The fourth-order valence-corrected chi connectivity index (χ4v) is 0.990. The number of carboxylic acids is 1. The lowest BCUT2D eigenvalue weighted by molar-refractivity contribution is -0.138. The number of carboxylic acid groups (broad SMARTS) is 1. The summed E-state index contributed by atoms with van der Waals surface area (Å²) < 4.78 is 0.419. The number of rotatable bonds is 6. The van der Waals surface area contributed by atoms with Crippen molar-refractivity contribution in [3.8, 4) is 0 Å². The maximum absolute atomic E-state index is 10.7. The summed E-state index contributed by atoms with van der Waals surface area (Å²) in [6, 6.07) is -0.823. The maximum Gasteiger partial charge on any atom is 0.320 e. The molecule has 0 aliphatic carbocycles. The van der Waals surface area contributed by atoms with Gasteiger partial charge in [-0.25, -0.2) is 0 Å². The van der Waals surface area contributed by atoms with Gasteiger partial charge in [-0.1, -0.05) is 22.6 Å². The third-order valence-corrected chi connectivity index (χ3v) is 2.15. The molecule has 13 heavy (non-hydrogen) atoms. The molecule has 0 aromatic rings. The minimum atomic E-state index is -1.000. The summed E-state index contributed by atoms with van der Waals surface area (Å²) in [5.41, 5.74) is 5.25. The summed E-state index contributed by atoms with van der Waals surface area (Å²) in [5, 5.41) is 11.1. The van der Waals surface area contributed by atoms with Crippen LogP contribution in [0, 0.1) is 0 Å². The normalized spacial score (nSPS) is 12.2. The largest absolute Gasteiger partial charge is 0.480 e. The lowest BCUT2D eigenvalue weighted by Crippen LogP contribution is -2.32. The molecule has 4 N–H and O–H groups in total. The smallest absolute Gasteiger partial charge is 0.320 e. The monoisotopic (exact) mass is 300 g/mol. The van der Waals surface area contributed by atoms with Crippen LogP contribution in [0.3, 0.4) is 0 Å². The summed E-state index contributed by atoms with van der Waals surface area (Å²) in [5.74, 6) is -1.04. The van der Waals surface area contributed by atoms with Crippen LogP contribution in [0.1, 0.15) is 12.8 Å². The molecular weight excluding hydrogens is 287 g/mol. The van der Waals surface area contributed by atoms with Crippen LogP contribution in [0.15, 0.2) is 0 Å². The predicted octanol–water partition coefficient (Wildman–Crippen LogP) is -0.270. The summed E-state index contributed by atoms with van der Waals surface area (Å²) in [7, 11) is 0. The van der Waals surface area contributed by atoms with E-state index in [2.05, 4.69) is 5.32 Å². The zero-order chi connectivity index (χ0) is 10.3. The summed E-state index contributed by atoms with van der Waals surface area (Å²) in [6.45, 7) is 0.489. The van der Waals surface area contributed by atoms with E-state index in [0.29, 0.717) is 23.8 Å². The number of alkyl halides is 1. The zero-order valence-corrected chi connectivity index (χ0v) is 9.28. The van der Waals surface area contributed by atoms with Crippen LogP contribution in [0.4, 0.5) is 0 Å². The predicted molar refractivity (Wildman–Crippen MR) is 56.7 cm³/mol. The van der Waals surface area contributed by atoms with Gasteiger partial charge in [-0.2, -0.15) is 0 Å². The molecular formula is C7H13IN2O3. The van der Waals surface area contributed by atoms with Crippen molar-refractivity contribution in [3.63, 3.8) is 0 Å². The first-order valence-electron chi connectivity index (χ1n) is 3.89. The highest BCUT2D eigenvalue weighted by Gasteiger charge is 2.10. The highest BCUT2D eigenvalue weighted by molar-refractivity contribution is 14.1. The number of aliphatic carboxylic acids is 1. The van der Waals surface area contributed by atoms with Gasteiger partial charge in [-0.15, -0.1) is 0 Å². The molecule has 76 valence electrons. The maximum atomic E-state index is 10.7. The minimum Gasteiger partial charge on any atom is -0.480 e. The number of amides is 1. The van der Waals surface area contributed by atoms with Crippen molar-refractivity contribution >= 4 is 34.5 Å². The molecule has 0 aromatic heterocycles. The lowest BCUT2D eigenvalue weighted by atomic mass is 10.2. The summed E-state index contributed by atoms with van der Waals surface area (Å²) in [4.78, 5) is 21.0. The molecule has 1 amide bonds. The number of nitrogens with two attached hydrogens (primary N) is 1. The van der Waals surface area contributed by atoms with E-state index in [1.165, 1.54) is 0 Å². The molecule has 0 aromatic carbocycles. The molecule has 0 aliphatic heterocycles. The summed E-state index contributed by atoms with van der Waals surface area (Å²) in [6.07, 6.45) is 0.979. The second-order valence-electron chi connectivity index (χ2n) is 2.57. The van der Waals surface area contributed by atoms with Crippen LogP contribution in [-0.4, -0.2) is 34.0 Å². The second kappa shape index (κ2) is 7.07. The topological polar surface area (TPSA) is 92.4 Å². The molecule has 5 nitrogen and oxygen atoms in total. The van der Waals surface area contributed by atoms with Crippen LogP contribution in [0.5, 0.6) is 0 Å². The highest BCUT2D eigenvalue weighted by atomic mass is 127. The quantitative estimate of drug-likeness (QED) is 0.358. The van der Waals surface area contributed by atoms with Crippen molar-refractivity contribution in [3.05, 3.63) is 0 Å². The molecule has 1 atom stereocenters. The Hall–Kier alpha value is -0.370. The van der Waals surface area contributed by atoms with Crippen LogP contribution >= 0.6 is 22.6 Å². The van der Waals surface area contributed by atoms with Crippen molar-refractivity contribution in [2.45, 2.75) is 18.9 Å². The van der Waals surface area contributed by atoms with E-state index in [1.807, 2.05) is 22.6 Å². The molecule has 0 heterocycles. The Kier molecular flexibility index (Phi) is 6.87. The van der Waals surface area contributed by atoms with Gasteiger partial charge in [0, 0.05) is 6.54 Å². The molecule has 0 unspecified atom stereocenters. The van der Waals surface area contributed by atoms with Gasteiger partial charge in [0.15, 0.2) is 0 Å². The van der Waals surface area contributed by atoms with Gasteiger partial charge in [0.1, 0.15) is 6.04 Å². The number of halogens is 1. The summed E-state index contributed by atoms with van der Waals surface area (Å²) >= 11 is 1.96. The average molecular weight is 300 g/mol. The highest BCUT2D eigenvalue weighted by Crippen LogP contribution is 1.93. The number of hydrogen-bond donors (Lipinski definition) is 3. The first kappa shape index (κ1) is 12.6. The van der Waals surface area contributed by atoms with E-state index in [0.717, 1.165) is 0 Å². The molecule has 0 rings (SSSR count). The molecule has 0 spiro atoms. The SMILES string of the molecule is N[C@@H](CCCNC(=O)CI)C(=O)O. The Balaban J connectivity index is 3.35. The molecule has 0 saturated heterocycles. The van der Waals surface area contributed by atoms with Crippen molar-refractivity contribution in [2.24, 2.45) is 5.73 Å². The standard InChI is InChI=1S/C7H13IN2O3/c8-4-6(11)10-3-1-2-5(9)7(12)13/h5H,1-4,9H2,(H,10,11)(H,12,13)/t5-/m0/s1. The van der Waals surface area contributed by atoms with E-state index in [9.17, 15) is 9.59 Å². The molecule has 6 heteroatoms. The van der Waals surface area contributed by atoms with Gasteiger partial charge in [-0.3, -0.25) is 9.59 Å². The van der Waals surface area contributed by atoms with Gasteiger partial charge < -0.3 is 16.2 Å². The van der Waals surface area contributed by atoms with Crippen molar-refractivity contribution in [2.75, 3.05) is 11.0 Å². The Morgan fingerprint density at radius 1 is 1.54 bits per heavy atom. The van der Waals surface area contributed by atoms with Gasteiger partial charge in [-0.05, 0) is 12.8 Å². The van der Waals surface area contributed by atoms with E-state index >= 15 is 0 Å². The van der Waals surface area contributed by atoms with Crippen LogP contribution in [-0.2, 0) is 9.59 Å². The van der Waals surface area contributed by atoms with Gasteiger partial charge in [0.05, 0.1) is 4.43 Å². The molecule has 0 radical (unpaired) electrons. The Bertz CT molecular complexity index is 187. The second-order valence-corrected chi connectivity index (χ2v) is 3.33. The Morgan fingerprint density at radius 2 is 2.15 bits per heavy atom. The van der Waals surface area contributed by atoms with Crippen LogP contribution in [0.2, 0.25) is 0 Å². The van der Waals surface area contributed by atoms with E-state index in [1.54, 1.807) is 0 Å². The Labute approximate surface area is 90.2 Å². The third kappa shape index (κ3) is 6.76. The first-order chi connectivity index (χ1) is 6.07. The molecule has 0 bridgehead atoms. The molecule has 0 saturated carbocycles. The molecule has 0 fully saturated rings. The van der Waals surface area contributed by atoms with Gasteiger partial charge >= 0.3 is 5.97 Å². The van der Waals surface area contributed by atoms with E-state index in [-0.39, 0.29) is 5.91 Å². The average Bonchev–Trinajstić information content (AvgIpc) is 2.11. The van der Waals surface area contributed by atoms with Gasteiger partial charge in [0.25, 0.3) is 0 Å². The van der Waals surface area contributed by atoms with Crippen LogP contribution in [0.25, 0.3) is 0 Å². The fraction of sp³-hybridized carbons (Fsp3) is 0.714. The van der Waals surface area contributed by atoms with Crippen molar-refractivity contribution in [1.29, 1.82) is 0 Å². The number of nitrogens with one attached hydrogen (secondary N) is 1. The van der Waals surface area contributed by atoms with Crippen molar-refractivity contribution < 1.29 is 14.7 Å². The Morgan fingerprint density at radius 3 is 2.62 bits per heavy atom. The number of carbonyl (C=O) groups excluding carboxylic acids is 1. The fourth-order valence-electron chi connectivity index (χ4n) is 0.721. The minimum absolute atomic E-state index is 0.0375. The van der Waals surface area contributed by atoms with E-state index in [4.69, 9.17) is 10.8 Å². The number of hydrogen-bond acceptors (Lipinski definition) is 3. The van der Waals surface area contributed by atoms with Gasteiger partial charge in [0.2, 0.25) is 5.91 Å². The number of carbonyl (C=O) groups is 2. The first-order valence-corrected chi connectivity index (χ1v) is 5.41. The van der Waals surface area contributed by atoms with Crippen LogP contribution < -0.4 is 11.1 Å². The molecule has 0 aliphatic rings. The third-order valence-electron chi connectivity index (χ3n) is 1.45. The lowest BCUT2D eigenvalue weighted by Gasteiger charge is -2.06. The van der Waals surface area contributed by atoms with E-state index < -0.39 is 12.0 Å². The van der Waals surface area contributed by atoms with Crippen molar-refractivity contribution in [1.82, 2.24) is 5.32 Å². The zero-order valence-electron chi connectivity index (χ0n) is 7.12.